The molecule has 10 heteroatoms. The number of fused-ring (bicyclic) bond motifs is 1. The van der Waals surface area contributed by atoms with Gasteiger partial charge in [0, 0.05) is 13.1 Å². The van der Waals surface area contributed by atoms with Gasteiger partial charge in [0.1, 0.15) is 0 Å². The Hall–Kier alpha value is -1.54. The molecule has 1 atom stereocenters. The molecule has 0 aromatic heterocycles. The highest BCUT2D eigenvalue weighted by Crippen LogP contribution is 2.32. The molecule has 0 saturated heterocycles. The van der Waals surface area contributed by atoms with Gasteiger partial charge in [-0.05, 0) is 31.0 Å². The van der Waals surface area contributed by atoms with Crippen LogP contribution in [0.2, 0.25) is 0 Å². The summed E-state index contributed by atoms with van der Waals surface area (Å²) in [6.07, 6.45) is 0. The topological polar surface area (TPSA) is 93.7 Å². The molecule has 0 bridgehead atoms. The molecule has 2 rings (SSSR count). The maximum absolute atomic E-state index is 12.6. The van der Waals surface area contributed by atoms with Crippen molar-refractivity contribution in [3.8, 4) is 0 Å². The molecule has 1 aliphatic rings. The Kier molecular flexibility index (Phi) is 7.33. The molecule has 1 aromatic rings. The van der Waals surface area contributed by atoms with Gasteiger partial charge in [0.25, 0.3) is 9.70 Å². The largest absolute Gasteiger partial charge is 0.462 e. The number of carbonyl (C=O) groups excluding carboxylic acids is 3. The number of esters is 2. The van der Waals surface area contributed by atoms with E-state index in [2.05, 4.69) is 10.6 Å². The Morgan fingerprint density at radius 1 is 1.15 bits per heavy atom. The van der Waals surface area contributed by atoms with E-state index < -0.39 is 27.7 Å². The number of benzene rings is 1. The fourth-order valence-electron chi connectivity index (χ4n) is 2.83. The van der Waals surface area contributed by atoms with Gasteiger partial charge in [-0.15, -0.1) is 0 Å². The van der Waals surface area contributed by atoms with Crippen LogP contribution >= 0.6 is 34.8 Å². The van der Waals surface area contributed by atoms with Crippen molar-refractivity contribution in [3.05, 3.63) is 34.4 Å². The van der Waals surface area contributed by atoms with Crippen molar-refractivity contribution in [1.82, 2.24) is 10.6 Å². The summed E-state index contributed by atoms with van der Waals surface area (Å²) in [7, 11) is 0. The molecule has 0 fully saturated rings. The highest BCUT2D eigenvalue weighted by molar-refractivity contribution is 6.76. The molecule has 148 valence electrons. The highest BCUT2D eigenvalue weighted by Gasteiger charge is 2.36. The quantitative estimate of drug-likeness (QED) is 0.543. The van der Waals surface area contributed by atoms with E-state index in [0.29, 0.717) is 17.7 Å². The van der Waals surface area contributed by atoms with Crippen LogP contribution in [0.1, 0.15) is 51.7 Å². The number of halogens is 3. The summed E-state index contributed by atoms with van der Waals surface area (Å²) >= 11 is 16.9. The molecule has 27 heavy (non-hydrogen) atoms. The number of amides is 1. The van der Waals surface area contributed by atoms with Crippen molar-refractivity contribution in [2.75, 3.05) is 19.8 Å². The van der Waals surface area contributed by atoms with Gasteiger partial charge in [0.15, 0.2) is 0 Å². The van der Waals surface area contributed by atoms with Crippen LogP contribution in [0.5, 0.6) is 0 Å². The number of hydrogen-bond acceptors (Lipinski definition) is 6. The summed E-state index contributed by atoms with van der Waals surface area (Å²) < 4.78 is 8.00. The predicted molar refractivity (Wildman–Crippen MR) is 101 cm³/mol. The standard InChI is InChI=1S/C17H19Cl3N2O5/c1-3-26-14(23)10-6-5-9-7-21-8-11(22-16(25)17(18,19)20)12(9)13(10)15(24)27-4-2/h5-6,11,21H,3-4,7-8H2,1-2H3,(H,22,25). The van der Waals surface area contributed by atoms with Gasteiger partial charge in [-0.3, -0.25) is 4.79 Å². The van der Waals surface area contributed by atoms with E-state index in [9.17, 15) is 14.4 Å². The molecule has 7 nitrogen and oxygen atoms in total. The van der Waals surface area contributed by atoms with Gasteiger partial charge in [0.05, 0.1) is 30.4 Å². The highest BCUT2D eigenvalue weighted by atomic mass is 35.6. The first-order chi connectivity index (χ1) is 12.7. The lowest BCUT2D eigenvalue weighted by Crippen LogP contribution is -2.44. The average Bonchev–Trinajstić information content (AvgIpc) is 2.60. The van der Waals surface area contributed by atoms with Gasteiger partial charge < -0.3 is 20.1 Å². The number of rotatable bonds is 5. The third kappa shape index (κ3) is 5.04. The van der Waals surface area contributed by atoms with E-state index in [1.165, 1.54) is 6.07 Å². The van der Waals surface area contributed by atoms with E-state index in [-0.39, 0.29) is 30.9 Å². The lowest BCUT2D eigenvalue weighted by Gasteiger charge is -2.30. The normalized spacial score (nSPS) is 16.3. The molecule has 0 radical (unpaired) electrons. The number of alkyl halides is 3. The zero-order valence-electron chi connectivity index (χ0n) is 14.7. The predicted octanol–water partition coefficient (Wildman–Crippen LogP) is 2.67. The molecular formula is C17H19Cl3N2O5. The van der Waals surface area contributed by atoms with E-state index in [0.717, 1.165) is 0 Å². The Bertz CT molecular complexity index is 749. The number of nitrogens with one attached hydrogen (secondary N) is 2. The average molecular weight is 438 g/mol. The van der Waals surface area contributed by atoms with Crippen molar-refractivity contribution < 1.29 is 23.9 Å². The van der Waals surface area contributed by atoms with Crippen LogP contribution in [0.3, 0.4) is 0 Å². The van der Waals surface area contributed by atoms with Crippen LogP contribution in [0.15, 0.2) is 12.1 Å². The van der Waals surface area contributed by atoms with Crippen molar-refractivity contribution in [2.45, 2.75) is 30.2 Å². The Morgan fingerprint density at radius 2 is 1.78 bits per heavy atom. The molecule has 1 heterocycles. The summed E-state index contributed by atoms with van der Waals surface area (Å²) in [5.74, 6) is -2.19. The maximum Gasteiger partial charge on any atom is 0.339 e. The number of hydrogen-bond donors (Lipinski definition) is 2. The van der Waals surface area contributed by atoms with E-state index in [4.69, 9.17) is 44.3 Å². The Balaban J connectivity index is 2.57. The van der Waals surface area contributed by atoms with E-state index in [1.807, 2.05) is 0 Å². The van der Waals surface area contributed by atoms with Crippen molar-refractivity contribution in [3.63, 3.8) is 0 Å². The summed E-state index contributed by atoms with van der Waals surface area (Å²) in [5, 5.41) is 5.70. The van der Waals surface area contributed by atoms with Crippen LogP contribution in [0, 0.1) is 0 Å². The molecule has 0 spiro atoms. The summed E-state index contributed by atoms with van der Waals surface area (Å²) in [5.41, 5.74) is 1.26. The van der Waals surface area contributed by atoms with Gasteiger partial charge >= 0.3 is 11.9 Å². The van der Waals surface area contributed by atoms with Gasteiger partial charge in [0.2, 0.25) is 0 Å². The summed E-state index contributed by atoms with van der Waals surface area (Å²) in [4.78, 5) is 37.1. The summed E-state index contributed by atoms with van der Waals surface area (Å²) in [6.45, 7) is 4.29. The summed E-state index contributed by atoms with van der Waals surface area (Å²) in [6, 6.07) is 2.49. The van der Waals surface area contributed by atoms with E-state index in [1.54, 1.807) is 19.9 Å². The van der Waals surface area contributed by atoms with Gasteiger partial charge in [-0.1, -0.05) is 40.9 Å². The lowest BCUT2D eigenvalue weighted by atomic mass is 9.88. The smallest absolute Gasteiger partial charge is 0.339 e. The minimum Gasteiger partial charge on any atom is -0.462 e. The van der Waals surface area contributed by atoms with Crippen LogP contribution in [-0.2, 0) is 20.8 Å². The molecule has 1 aliphatic heterocycles. The first kappa shape index (κ1) is 21.8. The first-order valence-electron chi connectivity index (χ1n) is 8.29. The molecule has 1 aromatic carbocycles. The van der Waals surface area contributed by atoms with Crippen LogP contribution in [0.4, 0.5) is 0 Å². The molecule has 0 aliphatic carbocycles. The lowest BCUT2D eigenvalue weighted by molar-refractivity contribution is -0.121. The minimum atomic E-state index is -2.17. The van der Waals surface area contributed by atoms with Gasteiger partial charge in [-0.25, -0.2) is 9.59 Å². The van der Waals surface area contributed by atoms with Crippen molar-refractivity contribution in [1.29, 1.82) is 0 Å². The molecular weight excluding hydrogens is 419 g/mol. The molecule has 2 N–H and O–H groups in total. The third-order valence-corrected chi connectivity index (χ3v) is 4.40. The third-order valence-electron chi connectivity index (χ3n) is 3.89. The SMILES string of the molecule is CCOC(=O)c1ccc2c(c1C(=O)OCC)C(NC(=O)C(Cl)(Cl)Cl)CNC2. The zero-order chi connectivity index (χ0) is 20.2. The Labute approximate surface area is 171 Å². The van der Waals surface area contributed by atoms with E-state index >= 15 is 0 Å². The molecule has 1 amide bonds. The maximum atomic E-state index is 12.6. The molecule has 1 unspecified atom stereocenters. The second kappa shape index (κ2) is 9.10. The van der Waals surface area contributed by atoms with Crippen LogP contribution in [0.25, 0.3) is 0 Å². The fourth-order valence-corrected chi connectivity index (χ4v) is 3.00. The fraction of sp³-hybridized carbons (Fsp3) is 0.471. The second-order valence-electron chi connectivity index (χ2n) is 5.66. The minimum absolute atomic E-state index is 0.0453. The van der Waals surface area contributed by atoms with Crippen molar-refractivity contribution >= 4 is 52.6 Å². The van der Waals surface area contributed by atoms with Gasteiger partial charge in [-0.2, -0.15) is 0 Å². The Morgan fingerprint density at radius 3 is 2.37 bits per heavy atom. The zero-order valence-corrected chi connectivity index (χ0v) is 17.0. The number of ether oxygens (including phenoxy) is 2. The second-order valence-corrected chi connectivity index (χ2v) is 7.94. The van der Waals surface area contributed by atoms with Crippen LogP contribution in [-0.4, -0.2) is 41.4 Å². The monoisotopic (exact) mass is 436 g/mol. The van der Waals surface area contributed by atoms with Crippen LogP contribution < -0.4 is 10.6 Å². The first-order valence-corrected chi connectivity index (χ1v) is 9.42. The molecule has 0 saturated carbocycles. The van der Waals surface area contributed by atoms with Crippen molar-refractivity contribution in [2.24, 2.45) is 0 Å². The number of carbonyl (C=O) groups is 3.